The van der Waals surface area contributed by atoms with Gasteiger partial charge in [-0.1, -0.05) is 41.6 Å². The molecule has 1 aliphatic rings. The maximum atomic E-state index is 5.39. The van der Waals surface area contributed by atoms with Gasteiger partial charge in [0.15, 0.2) is 5.82 Å². The molecule has 5 heteroatoms. The number of pyridine rings is 1. The zero-order valence-electron chi connectivity index (χ0n) is 12.1. The van der Waals surface area contributed by atoms with Crippen molar-refractivity contribution in [2.45, 2.75) is 18.9 Å². The lowest BCUT2D eigenvalue weighted by Crippen LogP contribution is -2.14. The van der Waals surface area contributed by atoms with Gasteiger partial charge in [-0.25, -0.2) is 4.98 Å². The predicted molar refractivity (Wildman–Crippen MR) is 82.9 cm³/mol. The van der Waals surface area contributed by atoms with Gasteiger partial charge in [-0.2, -0.15) is 4.98 Å². The number of nitrogens with zero attached hydrogens (tertiary/aromatic N) is 3. The Morgan fingerprint density at radius 2 is 1.82 bits per heavy atom. The van der Waals surface area contributed by atoms with Gasteiger partial charge < -0.3 is 9.84 Å². The summed E-state index contributed by atoms with van der Waals surface area (Å²) in [5.74, 6) is 1.20. The standard InChI is InChI=1S/C17H16N4O/c1-2-6-12(7-3-1)13-8-4-9-15(19-13)17-20-16(21-22-17)14-10-5-11-18-14/h1-4,6-9,14,18H,5,10-11H2. The van der Waals surface area contributed by atoms with E-state index in [4.69, 9.17) is 4.52 Å². The SMILES string of the molecule is c1ccc(-c2cccc(-c3nc(C4CCCN4)no3)n2)cc1. The molecule has 5 nitrogen and oxygen atoms in total. The van der Waals surface area contributed by atoms with Crippen molar-refractivity contribution in [3.63, 3.8) is 0 Å². The Morgan fingerprint density at radius 3 is 2.64 bits per heavy atom. The van der Waals surface area contributed by atoms with Gasteiger partial charge >= 0.3 is 0 Å². The highest BCUT2D eigenvalue weighted by Gasteiger charge is 2.22. The van der Waals surface area contributed by atoms with Gasteiger partial charge in [-0.3, -0.25) is 0 Å². The van der Waals surface area contributed by atoms with Gasteiger partial charge in [0.1, 0.15) is 5.69 Å². The van der Waals surface area contributed by atoms with Crippen LogP contribution in [0.4, 0.5) is 0 Å². The van der Waals surface area contributed by atoms with Gasteiger partial charge in [0.25, 0.3) is 5.89 Å². The Kier molecular flexibility index (Phi) is 3.40. The van der Waals surface area contributed by atoms with Crippen LogP contribution in [-0.4, -0.2) is 21.7 Å². The van der Waals surface area contributed by atoms with Crippen LogP contribution in [0.25, 0.3) is 22.8 Å². The lowest BCUT2D eigenvalue weighted by Gasteiger charge is -2.02. The topological polar surface area (TPSA) is 63.8 Å². The Balaban J connectivity index is 1.65. The van der Waals surface area contributed by atoms with Gasteiger partial charge in [0, 0.05) is 5.56 Å². The number of rotatable bonds is 3. The molecule has 22 heavy (non-hydrogen) atoms. The molecule has 0 saturated carbocycles. The summed E-state index contributed by atoms with van der Waals surface area (Å²) in [6.07, 6.45) is 2.20. The molecule has 1 aliphatic heterocycles. The van der Waals surface area contributed by atoms with Crippen molar-refractivity contribution >= 4 is 0 Å². The summed E-state index contributed by atoms with van der Waals surface area (Å²) < 4.78 is 5.39. The molecule has 1 atom stereocenters. The van der Waals surface area contributed by atoms with Crippen molar-refractivity contribution in [1.82, 2.24) is 20.4 Å². The molecule has 0 bridgehead atoms. The van der Waals surface area contributed by atoms with E-state index in [1.807, 2.05) is 48.5 Å². The second kappa shape index (κ2) is 5.69. The maximum Gasteiger partial charge on any atom is 0.276 e. The molecule has 3 heterocycles. The van der Waals surface area contributed by atoms with Crippen molar-refractivity contribution in [3.05, 3.63) is 54.4 Å². The molecular weight excluding hydrogens is 276 g/mol. The monoisotopic (exact) mass is 292 g/mol. The summed E-state index contributed by atoms with van der Waals surface area (Å²) in [7, 11) is 0. The molecule has 1 unspecified atom stereocenters. The molecule has 3 aromatic rings. The van der Waals surface area contributed by atoms with Crippen molar-refractivity contribution in [3.8, 4) is 22.8 Å². The molecule has 0 radical (unpaired) electrons. The number of hydrogen-bond acceptors (Lipinski definition) is 5. The number of benzene rings is 1. The summed E-state index contributed by atoms with van der Waals surface area (Å²) in [5.41, 5.74) is 2.68. The van der Waals surface area contributed by atoms with Crippen LogP contribution < -0.4 is 5.32 Å². The second-order valence-electron chi connectivity index (χ2n) is 5.38. The van der Waals surface area contributed by atoms with E-state index >= 15 is 0 Å². The normalized spacial score (nSPS) is 17.7. The van der Waals surface area contributed by atoms with Crippen LogP contribution in [0.5, 0.6) is 0 Å². The van der Waals surface area contributed by atoms with E-state index in [0.29, 0.717) is 11.6 Å². The van der Waals surface area contributed by atoms with Crippen LogP contribution in [-0.2, 0) is 0 Å². The maximum absolute atomic E-state index is 5.39. The van der Waals surface area contributed by atoms with Crippen LogP contribution in [0.2, 0.25) is 0 Å². The Morgan fingerprint density at radius 1 is 0.955 bits per heavy atom. The van der Waals surface area contributed by atoms with Gasteiger partial charge in [-0.05, 0) is 31.5 Å². The number of hydrogen-bond donors (Lipinski definition) is 1. The summed E-state index contributed by atoms with van der Waals surface area (Å²) in [6, 6.07) is 16.1. The Hall–Kier alpha value is -2.53. The minimum absolute atomic E-state index is 0.204. The molecule has 1 aromatic carbocycles. The third kappa shape index (κ3) is 2.51. The summed E-state index contributed by atoms with van der Waals surface area (Å²) >= 11 is 0. The molecule has 1 saturated heterocycles. The largest absolute Gasteiger partial charge is 0.332 e. The van der Waals surface area contributed by atoms with Crippen LogP contribution in [0.3, 0.4) is 0 Å². The number of aromatic nitrogens is 3. The summed E-state index contributed by atoms with van der Waals surface area (Å²) in [5, 5.41) is 7.46. The van der Waals surface area contributed by atoms with E-state index in [2.05, 4.69) is 20.4 Å². The second-order valence-corrected chi connectivity index (χ2v) is 5.38. The molecule has 0 aliphatic carbocycles. The van der Waals surface area contributed by atoms with E-state index in [-0.39, 0.29) is 6.04 Å². The van der Waals surface area contributed by atoms with Crippen molar-refractivity contribution in [1.29, 1.82) is 0 Å². The van der Waals surface area contributed by atoms with Crippen LogP contribution in [0, 0.1) is 0 Å². The average molecular weight is 292 g/mol. The van der Waals surface area contributed by atoms with Crippen LogP contribution in [0.15, 0.2) is 53.1 Å². The highest BCUT2D eigenvalue weighted by Crippen LogP contribution is 2.25. The summed E-state index contributed by atoms with van der Waals surface area (Å²) in [6.45, 7) is 1.01. The molecule has 0 amide bonds. The molecule has 1 fully saturated rings. The fraction of sp³-hybridized carbons (Fsp3) is 0.235. The lowest BCUT2D eigenvalue weighted by molar-refractivity contribution is 0.411. The van der Waals surface area contributed by atoms with E-state index < -0.39 is 0 Å². The quantitative estimate of drug-likeness (QED) is 0.803. The third-order valence-corrected chi connectivity index (χ3v) is 3.85. The molecule has 1 N–H and O–H groups in total. The average Bonchev–Trinajstić information content (AvgIpc) is 3.27. The first-order valence-electron chi connectivity index (χ1n) is 7.50. The van der Waals surface area contributed by atoms with Gasteiger partial charge in [0.05, 0.1) is 11.7 Å². The van der Waals surface area contributed by atoms with E-state index in [1.54, 1.807) is 0 Å². The van der Waals surface area contributed by atoms with Crippen LogP contribution >= 0.6 is 0 Å². The fourth-order valence-corrected chi connectivity index (χ4v) is 2.71. The van der Waals surface area contributed by atoms with Gasteiger partial charge in [0.2, 0.25) is 0 Å². The first-order chi connectivity index (χ1) is 10.9. The van der Waals surface area contributed by atoms with E-state index in [1.165, 1.54) is 0 Å². The zero-order chi connectivity index (χ0) is 14.8. The van der Waals surface area contributed by atoms with E-state index in [9.17, 15) is 0 Å². The lowest BCUT2D eigenvalue weighted by atomic mass is 10.1. The minimum Gasteiger partial charge on any atom is -0.332 e. The van der Waals surface area contributed by atoms with Crippen molar-refractivity contribution in [2.75, 3.05) is 6.54 Å². The highest BCUT2D eigenvalue weighted by molar-refractivity contribution is 5.62. The zero-order valence-corrected chi connectivity index (χ0v) is 12.1. The Bertz CT molecular complexity index is 763. The molecular formula is C17H16N4O. The van der Waals surface area contributed by atoms with Crippen LogP contribution in [0.1, 0.15) is 24.7 Å². The number of nitrogens with one attached hydrogen (secondary N) is 1. The molecule has 110 valence electrons. The summed E-state index contributed by atoms with van der Waals surface area (Å²) in [4.78, 5) is 9.13. The van der Waals surface area contributed by atoms with Crippen molar-refractivity contribution < 1.29 is 4.52 Å². The molecule has 2 aromatic heterocycles. The van der Waals surface area contributed by atoms with Crippen molar-refractivity contribution in [2.24, 2.45) is 0 Å². The minimum atomic E-state index is 0.204. The fourth-order valence-electron chi connectivity index (χ4n) is 2.71. The first kappa shape index (κ1) is 13.2. The Labute approximate surface area is 128 Å². The van der Waals surface area contributed by atoms with E-state index in [0.717, 1.165) is 36.5 Å². The first-order valence-corrected chi connectivity index (χ1v) is 7.50. The smallest absolute Gasteiger partial charge is 0.276 e. The third-order valence-electron chi connectivity index (χ3n) is 3.85. The molecule has 4 rings (SSSR count). The van der Waals surface area contributed by atoms with Gasteiger partial charge in [-0.15, -0.1) is 0 Å². The highest BCUT2D eigenvalue weighted by atomic mass is 16.5. The predicted octanol–water partition coefficient (Wildman–Crippen LogP) is 3.22. The molecule has 0 spiro atoms.